The van der Waals surface area contributed by atoms with E-state index in [1.807, 2.05) is 41.8 Å². The average molecular weight is 341 g/mol. The van der Waals surface area contributed by atoms with Crippen LogP contribution < -0.4 is 0 Å². The lowest BCUT2D eigenvalue weighted by Crippen LogP contribution is -1.93. The summed E-state index contributed by atoms with van der Waals surface area (Å²) in [5.41, 5.74) is 2.13. The van der Waals surface area contributed by atoms with Crippen molar-refractivity contribution < 1.29 is 0 Å². The lowest BCUT2D eigenvalue weighted by Gasteiger charge is -2.01. The van der Waals surface area contributed by atoms with E-state index in [-0.39, 0.29) is 0 Å². The third-order valence-electron chi connectivity index (χ3n) is 3.52. The summed E-state index contributed by atoms with van der Waals surface area (Å²) in [6, 6.07) is 10.0. The van der Waals surface area contributed by atoms with Gasteiger partial charge in [0, 0.05) is 5.56 Å². The van der Waals surface area contributed by atoms with Crippen molar-refractivity contribution in [2.24, 2.45) is 0 Å². The molecule has 23 heavy (non-hydrogen) atoms. The molecule has 3 aromatic heterocycles. The molecule has 0 saturated heterocycles. The average Bonchev–Trinajstić information content (AvgIpc) is 3.20. The molecule has 0 fully saturated rings. The van der Waals surface area contributed by atoms with E-state index in [0.29, 0.717) is 5.92 Å². The smallest absolute Gasteiger partial charge is 0.235 e. The summed E-state index contributed by atoms with van der Waals surface area (Å²) >= 11 is 3.25. The first-order valence-corrected chi connectivity index (χ1v) is 9.02. The molecule has 0 aliphatic heterocycles. The molecule has 0 saturated carbocycles. The molecule has 4 rings (SSSR count). The highest BCUT2D eigenvalue weighted by atomic mass is 32.1. The van der Waals surface area contributed by atoms with Crippen molar-refractivity contribution in [3.05, 3.63) is 41.0 Å². The number of aromatic nitrogens is 5. The van der Waals surface area contributed by atoms with E-state index in [2.05, 4.69) is 29.0 Å². The van der Waals surface area contributed by atoms with Crippen molar-refractivity contribution in [2.45, 2.75) is 26.7 Å². The van der Waals surface area contributed by atoms with Gasteiger partial charge >= 0.3 is 0 Å². The van der Waals surface area contributed by atoms with Crippen LogP contribution in [-0.2, 0) is 0 Å². The molecule has 0 aliphatic rings. The van der Waals surface area contributed by atoms with E-state index >= 15 is 0 Å². The molecule has 3 heterocycles. The Morgan fingerprint density at radius 1 is 1.04 bits per heavy atom. The van der Waals surface area contributed by atoms with Crippen LogP contribution in [0.5, 0.6) is 0 Å². The van der Waals surface area contributed by atoms with Gasteiger partial charge < -0.3 is 0 Å². The standard InChI is InChI=1S/C16H15N5S2/c1-9(2)12-13(22-10(3)17-12)15-20-21-14(18-19-16(21)23-15)11-7-5-4-6-8-11/h4-9H,1-3H3. The van der Waals surface area contributed by atoms with E-state index in [0.717, 1.165) is 36.9 Å². The van der Waals surface area contributed by atoms with Crippen molar-refractivity contribution in [3.63, 3.8) is 0 Å². The SMILES string of the molecule is Cc1nc(C(C)C)c(-c2nn3c(-c4ccccc4)nnc3s2)s1. The van der Waals surface area contributed by atoms with Gasteiger partial charge in [0.1, 0.15) is 0 Å². The quantitative estimate of drug-likeness (QED) is 0.554. The highest BCUT2D eigenvalue weighted by Gasteiger charge is 2.20. The molecular formula is C16H15N5S2. The lowest BCUT2D eigenvalue weighted by atomic mass is 10.1. The molecule has 4 aromatic rings. The van der Waals surface area contributed by atoms with Gasteiger partial charge in [-0.3, -0.25) is 0 Å². The van der Waals surface area contributed by atoms with Crippen LogP contribution in [0.4, 0.5) is 0 Å². The first-order valence-electron chi connectivity index (χ1n) is 7.39. The largest absolute Gasteiger partial charge is 0.246 e. The van der Waals surface area contributed by atoms with Crippen LogP contribution in [0.25, 0.3) is 26.2 Å². The molecule has 116 valence electrons. The number of hydrogen-bond acceptors (Lipinski definition) is 6. The predicted molar refractivity (Wildman–Crippen MR) is 94.0 cm³/mol. The number of benzene rings is 1. The molecule has 0 radical (unpaired) electrons. The van der Waals surface area contributed by atoms with Crippen molar-refractivity contribution >= 4 is 27.6 Å². The predicted octanol–water partition coefficient (Wildman–Crippen LogP) is 4.41. The van der Waals surface area contributed by atoms with E-state index in [1.54, 1.807) is 22.7 Å². The summed E-state index contributed by atoms with van der Waals surface area (Å²) in [6.45, 7) is 6.36. The van der Waals surface area contributed by atoms with Gasteiger partial charge in [0.05, 0.1) is 15.6 Å². The molecule has 0 N–H and O–H groups in total. The molecule has 5 nitrogen and oxygen atoms in total. The second kappa shape index (κ2) is 5.50. The monoisotopic (exact) mass is 341 g/mol. The Morgan fingerprint density at radius 2 is 1.83 bits per heavy atom. The number of thiazole rings is 1. The van der Waals surface area contributed by atoms with Crippen molar-refractivity contribution in [2.75, 3.05) is 0 Å². The molecule has 0 aliphatic carbocycles. The van der Waals surface area contributed by atoms with Gasteiger partial charge in [-0.05, 0) is 12.8 Å². The third kappa shape index (κ3) is 2.46. The first-order chi connectivity index (χ1) is 11.1. The van der Waals surface area contributed by atoms with Crippen LogP contribution in [-0.4, -0.2) is 24.8 Å². The highest BCUT2D eigenvalue weighted by molar-refractivity contribution is 7.24. The highest BCUT2D eigenvalue weighted by Crippen LogP contribution is 2.37. The van der Waals surface area contributed by atoms with E-state index in [4.69, 9.17) is 5.10 Å². The zero-order valence-corrected chi connectivity index (χ0v) is 14.6. The topological polar surface area (TPSA) is 56.0 Å². The molecule has 0 spiro atoms. The number of hydrogen-bond donors (Lipinski definition) is 0. The molecule has 0 bridgehead atoms. The van der Waals surface area contributed by atoms with Crippen LogP contribution in [0, 0.1) is 6.92 Å². The van der Waals surface area contributed by atoms with Crippen molar-refractivity contribution in [1.29, 1.82) is 0 Å². The fraction of sp³-hybridized carbons (Fsp3) is 0.250. The Labute approximate surface area is 141 Å². The Morgan fingerprint density at radius 3 is 2.57 bits per heavy atom. The summed E-state index contributed by atoms with van der Waals surface area (Å²) in [6.07, 6.45) is 0. The van der Waals surface area contributed by atoms with Crippen molar-refractivity contribution in [1.82, 2.24) is 24.8 Å². The number of nitrogens with zero attached hydrogens (tertiary/aromatic N) is 5. The van der Waals surface area contributed by atoms with Gasteiger partial charge in [-0.2, -0.15) is 9.61 Å². The van der Waals surface area contributed by atoms with Gasteiger partial charge in [0.2, 0.25) is 4.96 Å². The van der Waals surface area contributed by atoms with Crippen molar-refractivity contribution in [3.8, 4) is 21.3 Å². The fourth-order valence-corrected chi connectivity index (χ4v) is 4.46. The maximum Gasteiger partial charge on any atom is 0.235 e. The minimum Gasteiger partial charge on any atom is -0.246 e. The zero-order valence-electron chi connectivity index (χ0n) is 13.0. The minimum absolute atomic E-state index is 0.373. The van der Waals surface area contributed by atoms with Gasteiger partial charge in [0.25, 0.3) is 0 Å². The van der Waals surface area contributed by atoms with Crippen LogP contribution >= 0.6 is 22.7 Å². The van der Waals surface area contributed by atoms with Crippen LogP contribution in [0.3, 0.4) is 0 Å². The Bertz CT molecular complexity index is 965. The first kappa shape index (κ1) is 14.5. The van der Waals surface area contributed by atoms with Gasteiger partial charge in [-0.25, -0.2) is 4.98 Å². The molecule has 1 aromatic carbocycles. The summed E-state index contributed by atoms with van der Waals surface area (Å²) in [5.74, 6) is 1.15. The van der Waals surface area contributed by atoms with E-state index in [1.165, 1.54) is 0 Å². The lowest BCUT2D eigenvalue weighted by molar-refractivity contribution is 0.829. The second-order valence-electron chi connectivity index (χ2n) is 5.59. The molecule has 0 unspecified atom stereocenters. The molecule has 7 heteroatoms. The van der Waals surface area contributed by atoms with E-state index in [9.17, 15) is 0 Å². The maximum absolute atomic E-state index is 4.76. The number of rotatable bonds is 3. The van der Waals surface area contributed by atoms with Crippen LogP contribution in [0.1, 0.15) is 30.5 Å². The molecular weight excluding hydrogens is 326 g/mol. The second-order valence-corrected chi connectivity index (χ2v) is 7.75. The minimum atomic E-state index is 0.373. The van der Waals surface area contributed by atoms with Crippen LogP contribution in [0.15, 0.2) is 30.3 Å². The zero-order chi connectivity index (χ0) is 16.0. The Balaban J connectivity index is 1.87. The van der Waals surface area contributed by atoms with Gasteiger partial charge in [0.15, 0.2) is 10.8 Å². The maximum atomic E-state index is 4.76. The van der Waals surface area contributed by atoms with E-state index < -0.39 is 0 Å². The molecule has 0 amide bonds. The van der Waals surface area contributed by atoms with Gasteiger partial charge in [-0.15, -0.1) is 21.5 Å². The Hall–Kier alpha value is -2.12. The summed E-state index contributed by atoms with van der Waals surface area (Å²) in [7, 11) is 0. The fourth-order valence-electron chi connectivity index (χ4n) is 2.46. The normalized spacial score (nSPS) is 11.7. The third-order valence-corrected chi connectivity index (χ3v) is 5.56. The number of fused-ring (bicyclic) bond motifs is 1. The summed E-state index contributed by atoms with van der Waals surface area (Å²) in [5, 5.41) is 15.3. The summed E-state index contributed by atoms with van der Waals surface area (Å²) < 4.78 is 1.83. The Kier molecular flexibility index (Phi) is 3.46. The summed E-state index contributed by atoms with van der Waals surface area (Å²) in [4.78, 5) is 6.61. The van der Waals surface area contributed by atoms with Crippen LogP contribution in [0.2, 0.25) is 0 Å². The van der Waals surface area contributed by atoms with Gasteiger partial charge in [-0.1, -0.05) is 55.5 Å². The number of aryl methyl sites for hydroxylation is 1. The molecule has 0 atom stereocenters.